The Kier molecular flexibility index (Phi) is 5.11. The first-order valence-corrected chi connectivity index (χ1v) is 7.29. The average molecular weight is 319 g/mol. The first-order valence-electron chi connectivity index (χ1n) is 6.49. The fourth-order valence-corrected chi connectivity index (χ4v) is 2.74. The van der Waals surface area contributed by atoms with Crippen molar-refractivity contribution in [2.24, 2.45) is 0 Å². The van der Waals surface area contributed by atoms with Crippen molar-refractivity contribution >= 4 is 15.9 Å². The van der Waals surface area contributed by atoms with Crippen LogP contribution in [0.4, 0.5) is 0 Å². The van der Waals surface area contributed by atoms with E-state index in [0.29, 0.717) is 5.92 Å². The molecule has 0 spiro atoms. The van der Waals surface area contributed by atoms with Crippen LogP contribution in [0.5, 0.6) is 0 Å². The number of pyridine rings is 1. The molecule has 1 N–H and O–H groups in total. The van der Waals surface area contributed by atoms with E-state index in [1.54, 1.807) is 0 Å². The lowest BCUT2D eigenvalue weighted by atomic mass is 9.91. The number of hydrogen-bond donors (Lipinski definition) is 1. The first-order chi connectivity index (χ1) is 9.19. The minimum Gasteiger partial charge on any atom is -0.319 e. The Bertz CT molecular complexity index is 540. The lowest BCUT2D eigenvalue weighted by Gasteiger charge is -2.17. The van der Waals surface area contributed by atoms with Gasteiger partial charge in [0, 0.05) is 29.3 Å². The molecule has 0 fully saturated rings. The lowest BCUT2D eigenvalue weighted by Crippen LogP contribution is -2.19. The monoisotopic (exact) mass is 318 g/mol. The summed E-state index contributed by atoms with van der Waals surface area (Å²) < 4.78 is 1.04. The van der Waals surface area contributed by atoms with Crippen LogP contribution in [0.1, 0.15) is 22.6 Å². The van der Waals surface area contributed by atoms with Gasteiger partial charge in [-0.3, -0.25) is 4.98 Å². The third kappa shape index (κ3) is 4.15. The van der Waals surface area contributed by atoms with Gasteiger partial charge in [0.2, 0.25) is 0 Å². The molecule has 2 rings (SSSR count). The van der Waals surface area contributed by atoms with Crippen molar-refractivity contribution in [1.29, 1.82) is 0 Å². The minimum absolute atomic E-state index is 0.473. The Balaban J connectivity index is 2.21. The zero-order valence-electron chi connectivity index (χ0n) is 11.4. The topological polar surface area (TPSA) is 24.9 Å². The van der Waals surface area contributed by atoms with Crippen molar-refractivity contribution in [3.8, 4) is 0 Å². The normalized spacial score (nSPS) is 12.4. The molecule has 0 radical (unpaired) electrons. The summed E-state index contributed by atoms with van der Waals surface area (Å²) in [5.41, 5.74) is 3.96. The van der Waals surface area contributed by atoms with E-state index < -0.39 is 0 Å². The highest BCUT2D eigenvalue weighted by atomic mass is 79.9. The standard InChI is InChI=1S/C16H19BrN2/c1-12-4-3-5-14(6-12)15(10-18-2)7-13-8-16(17)11-19-9-13/h3-6,8-9,11,15,18H,7,10H2,1-2H3. The fourth-order valence-electron chi connectivity index (χ4n) is 2.33. The number of rotatable bonds is 5. The van der Waals surface area contributed by atoms with E-state index in [9.17, 15) is 0 Å². The SMILES string of the molecule is CNCC(Cc1cncc(Br)c1)c1cccc(C)c1. The number of aromatic nitrogens is 1. The average Bonchev–Trinajstić information content (AvgIpc) is 2.38. The molecule has 0 aliphatic heterocycles. The molecule has 0 aliphatic rings. The predicted octanol–water partition coefficient (Wildman–Crippen LogP) is 3.70. The highest BCUT2D eigenvalue weighted by molar-refractivity contribution is 9.10. The largest absolute Gasteiger partial charge is 0.319 e. The summed E-state index contributed by atoms with van der Waals surface area (Å²) in [5.74, 6) is 0.473. The number of aryl methyl sites for hydroxylation is 1. The Morgan fingerprint density at radius 1 is 1.26 bits per heavy atom. The van der Waals surface area contributed by atoms with Gasteiger partial charge in [-0.25, -0.2) is 0 Å². The van der Waals surface area contributed by atoms with Crippen molar-refractivity contribution in [2.75, 3.05) is 13.6 Å². The van der Waals surface area contributed by atoms with Crippen molar-refractivity contribution < 1.29 is 0 Å². The van der Waals surface area contributed by atoms with Crippen LogP contribution < -0.4 is 5.32 Å². The van der Waals surface area contributed by atoms with E-state index in [4.69, 9.17) is 0 Å². The molecular weight excluding hydrogens is 300 g/mol. The molecule has 0 amide bonds. The number of nitrogens with one attached hydrogen (secondary N) is 1. The lowest BCUT2D eigenvalue weighted by molar-refractivity contribution is 0.624. The van der Waals surface area contributed by atoms with Gasteiger partial charge >= 0.3 is 0 Å². The molecule has 1 aromatic heterocycles. The third-order valence-corrected chi connectivity index (χ3v) is 3.64. The molecule has 1 aromatic carbocycles. The predicted molar refractivity (Wildman–Crippen MR) is 83.5 cm³/mol. The molecule has 2 aromatic rings. The molecular formula is C16H19BrN2. The van der Waals surface area contributed by atoms with Gasteiger partial charge in [-0.05, 0) is 53.5 Å². The molecule has 1 heterocycles. The van der Waals surface area contributed by atoms with E-state index in [2.05, 4.69) is 63.5 Å². The first kappa shape index (κ1) is 14.2. The van der Waals surface area contributed by atoms with Gasteiger partial charge < -0.3 is 5.32 Å². The van der Waals surface area contributed by atoms with Gasteiger partial charge in [0.1, 0.15) is 0 Å². The van der Waals surface area contributed by atoms with Crippen molar-refractivity contribution in [3.05, 3.63) is 63.9 Å². The highest BCUT2D eigenvalue weighted by Crippen LogP contribution is 2.22. The molecule has 0 aliphatic carbocycles. The number of hydrogen-bond acceptors (Lipinski definition) is 2. The van der Waals surface area contributed by atoms with E-state index in [1.807, 2.05) is 19.4 Å². The van der Waals surface area contributed by atoms with Crippen LogP contribution in [-0.2, 0) is 6.42 Å². The molecule has 2 nitrogen and oxygen atoms in total. The Hall–Kier alpha value is -1.19. The van der Waals surface area contributed by atoms with Crippen LogP contribution in [-0.4, -0.2) is 18.6 Å². The van der Waals surface area contributed by atoms with Gasteiger partial charge in [0.15, 0.2) is 0 Å². The maximum absolute atomic E-state index is 4.24. The maximum atomic E-state index is 4.24. The molecule has 0 bridgehead atoms. The summed E-state index contributed by atoms with van der Waals surface area (Å²) in [5, 5.41) is 3.29. The molecule has 3 heteroatoms. The number of benzene rings is 1. The molecule has 0 saturated heterocycles. The van der Waals surface area contributed by atoms with Gasteiger partial charge in [-0.1, -0.05) is 29.8 Å². The van der Waals surface area contributed by atoms with Gasteiger partial charge in [-0.2, -0.15) is 0 Å². The second kappa shape index (κ2) is 6.83. The van der Waals surface area contributed by atoms with Crippen LogP contribution in [0.15, 0.2) is 47.2 Å². The van der Waals surface area contributed by atoms with E-state index in [-0.39, 0.29) is 0 Å². The second-order valence-corrected chi connectivity index (χ2v) is 5.80. The second-order valence-electron chi connectivity index (χ2n) is 4.88. The Labute approximate surface area is 123 Å². The summed E-state index contributed by atoms with van der Waals surface area (Å²) in [4.78, 5) is 4.24. The fraction of sp³-hybridized carbons (Fsp3) is 0.312. The summed E-state index contributed by atoms with van der Waals surface area (Å²) in [6.07, 6.45) is 4.77. The van der Waals surface area contributed by atoms with Gasteiger partial charge in [0.05, 0.1) is 0 Å². The molecule has 1 unspecified atom stereocenters. The number of halogens is 1. The highest BCUT2D eigenvalue weighted by Gasteiger charge is 2.12. The van der Waals surface area contributed by atoms with Gasteiger partial charge in [-0.15, -0.1) is 0 Å². The molecule has 100 valence electrons. The number of likely N-dealkylation sites (N-methyl/N-ethyl adjacent to an activating group) is 1. The smallest absolute Gasteiger partial charge is 0.0410 e. The van der Waals surface area contributed by atoms with Crippen molar-refractivity contribution in [1.82, 2.24) is 10.3 Å². The molecule has 0 saturated carbocycles. The quantitative estimate of drug-likeness (QED) is 0.909. The summed E-state index contributed by atoms with van der Waals surface area (Å²) in [6, 6.07) is 10.9. The summed E-state index contributed by atoms with van der Waals surface area (Å²) in [7, 11) is 2.00. The third-order valence-electron chi connectivity index (χ3n) is 3.21. The summed E-state index contributed by atoms with van der Waals surface area (Å²) >= 11 is 3.48. The zero-order chi connectivity index (χ0) is 13.7. The number of nitrogens with zero attached hydrogens (tertiary/aromatic N) is 1. The van der Waals surface area contributed by atoms with Crippen LogP contribution in [0.3, 0.4) is 0 Å². The van der Waals surface area contributed by atoms with E-state index >= 15 is 0 Å². The Morgan fingerprint density at radius 2 is 2.11 bits per heavy atom. The van der Waals surface area contributed by atoms with Crippen molar-refractivity contribution in [3.63, 3.8) is 0 Å². The van der Waals surface area contributed by atoms with Crippen LogP contribution in [0, 0.1) is 6.92 Å². The van der Waals surface area contributed by atoms with Crippen LogP contribution >= 0.6 is 15.9 Å². The molecule has 1 atom stereocenters. The van der Waals surface area contributed by atoms with E-state index in [0.717, 1.165) is 17.4 Å². The van der Waals surface area contributed by atoms with Crippen LogP contribution in [0.2, 0.25) is 0 Å². The maximum Gasteiger partial charge on any atom is 0.0410 e. The van der Waals surface area contributed by atoms with Crippen molar-refractivity contribution in [2.45, 2.75) is 19.3 Å². The molecule has 19 heavy (non-hydrogen) atoms. The minimum atomic E-state index is 0.473. The summed E-state index contributed by atoms with van der Waals surface area (Å²) in [6.45, 7) is 3.11. The zero-order valence-corrected chi connectivity index (χ0v) is 12.9. The Morgan fingerprint density at radius 3 is 2.79 bits per heavy atom. The van der Waals surface area contributed by atoms with E-state index in [1.165, 1.54) is 16.7 Å². The van der Waals surface area contributed by atoms with Gasteiger partial charge in [0.25, 0.3) is 0 Å². The van der Waals surface area contributed by atoms with Crippen LogP contribution in [0.25, 0.3) is 0 Å².